The summed E-state index contributed by atoms with van der Waals surface area (Å²) < 4.78 is 5.61. The number of benzene rings is 1. The largest absolute Gasteiger partial charge is 0.379 e. The highest BCUT2D eigenvalue weighted by atomic mass is 16.5. The first-order valence-electron chi connectivity index (χ1n) is 7.59. The topological polar surface area (TPSA) is 51.4 Å². The van der Waals surface area contributed by atoms with Gasteiger partial charge in [0.15, 0.2) is 0 Å². The van der Waals surface area contributed by atoms with E-state index in [4.69, 9.17) is 15.5 Å². The standard InChI is InChI=1S/C17H23N3O/c1-12-7-8-20(11-16(12)21-2)17-9-13(10-18)14-5-3-4-6-15(14)19-17/h3-6,9,12,16H,7-8,10-11,18H2,1-2H3. The second-order valence-corrected chi connectivity index (χ2v) is 5.85. The molecule has 4 heteroatoms. The van der Waals surface area contributed by atoms with E-state index in [1.807, 2.05) is 12.1 Å². The molecule has 0 spiro atoms. The van der Waals surface area contributed by atoms with E-state index >= 15 is 0 Å². The van der Waals surface area contributed by atoms with E-state index in [9.17, 15) is 0 Å². The van der Waals surface area contributed by atoms with Crippen LogP contribution in [0.25, 0.3) is 10.9 Å². The van der Waals surface area contributed by atoms with E-state index in [2.05, 4.69) is 30.0 Å². The molecule has 0 aliphatic carbocycles. The van der Waals surface area contributed by atoms with Gasteiger partial charge in [-0.05, 0) is 30.0 Å². The molecule has 2 unspecified atom stereocenters. The molecule has 0 amide bonds. The zero-order valence-corrected chi connectivity index (χ0v) is 12.7. The van der Waals surface area contributed by atoms with E-state index in [0.717, 1.165) is 41.8 Å². The SMILES string of the molecule is COC1CN(c2cc(CN)c3ccccc3n2)CCC1C. The number of aromatic nitrogens is 1. The third kappa shape index (κ3) is 2.74. The molecule has 3 rings (SSSR count). The number of hydrogen-bond donors (Lipinski definition) is 1. The molecule has 2 heterocycles. The Morgan fingerprint density at radius 1 is 1.38 bits per heavy atom. The zero-order valence-electron chi connectivity index (χ0n) is 12.7. The average molecular weight is 285 g/mol. The summed E-state index contributed by atoms with van der Waals surface area (Å²) in [6.07, 6.45) is 1.40. The minimum Gasteiger partial charge on any atom is -0.379 e. The molecule has 1 saturated heterocycles. The summed E-state index contributed by atoms with van der Waals surface area (Å²) in [5, 5.41) is 1.15. The van der Waals surface area contributed by atoms with Crippen molar-refractivity contribution in [2.75, 3.05) is 25.1 Å². The summed E-state index contributed by atoms with van der Waals surface area (Å²) in [7, 11) is 1.80. The monoisotopic (exact) mass is 285 g/mol. The molecule has 112 valence electrons. The average Bonchev–Trinajstić information content (AvgIpc) is 2.54. The second-order valence-electron chi connectivity index (χ2n) is 5.85. The van der Waals surface area contributed by atoms with E-state index in [1.54, 1.807) is 7.11 Å². The number of ether oxygens (including phenoxy) is 1. The molecule has 1 aliphatic heterocycles. The van der Waals surface area contributed by atoms with Gasteiger partial charge in [-0.3, -0.25) is 0 Å². The van der Waals surface area contributed by atoms with Gasteiger partial charge in [0, 0.05) is 32.1 Å². The number of pyridine rings is 1. The number of fused-ring (bicyclic) bond motifs is 1. The Bertz CT molecular complexity index is 628. The lowest BCUT2D eigenvalue weighted by atomic mass is 9.95. The molecule has 2 N–H and O–H groups in total. The summed E-state index contributed by atoms with van der Waals surface area (Å²) in [5.41, 5.74) is 8.09. The van der Waals surface area contributed by atoms with Crippen LogP contribution >= 0.6 is 0 Å². The van der Waals surface area contributed by atoms with E-state index in [-0.39, 0.29) is 6.10 Å². The maximum atomic E-state index is 5.92. The normalized spacial score (nSPS) is 22.7. The quantitative estimate of drug-likeness (QED) is 0.941. The molecule has 0 bridgehead atoms. The van der Waals surface area contributed by atoms with Gasteiger partial charge in [0.25, 0.3) is 0 Å². The van der Waals surface area contributed by atoms with Gasteiger partial charge < -0.3 is 15.4 Å². The summed E-state index contributed by atoms with van der Waals surface area (Å²) in [6, 6.07) is 10.3. The predicted molar refractivity (Wildman–Crippen MR) is 86.4 cm³/mol. The molecule has 1 aromatic carbocycles. The molecular weight excluding hydrogens is 262 g/mol. The smallest absolute Gasteiger partial charge is 0.129 e. The van der Waals surface area contributed by atoms with Crippen LogP contribution in [0, 0.1) is 5.92 Å². The molecule has 1 aliphatic rings. The van der Waals surface area contributed by atoms with Gasteiger partial charge in [0.2, 0.25) is 0 Å². The lowest BCUT2D eigenvalue weighted by Gasteiger charge is -2.37. The predicted octanol–water partition coefficient (Wildman–Crippen LogP) is 2.55. The summed E-state index contributed by atoms with van der Waals surface area (Å²) in [5.74, 6) is 1.61. The van der Waals surface area contributed by atoms with Crippen LogP contribution in [0.4, 0.5) is 5.82 Å². The summed E-state index contributed by atoms with van der Waals surface area (Å²) >= 11 is 0. The molecular formula is C17H23N3O. The minimum atomic E-state index is 0.272. The molecule has 0 radical (unpaired) electrons. The molecule has 4 nitrogen and oxygen atoms in total. The molecule has 21 heavy (non-hydrogen) atoms. The number of nitrogens with two attached hydrogens (primary N) is 1. The maximum absolute atomic E-state index is 5.92. The van der Waals surface area contributed by atoms with Crippen molar-refractivity contribution in [3.05, 3.63) is 35.9 Å². The Kier molecular flexibility index (Phi) is 4.08. The van der Waals surface area contributed by atoms with Crippen LogP contribution in [0.1, 0.15) is 18.9 Å². The van der Waals surface area contributed by atoms with Crippen LogP contribution in [0.3, 0.4) is 0 Å². The van der Waals surface area contributed by atoms with Gasteiger partial charge >= 0.3 is 0 Å². The van der Waals surface area contributed by atoms with Crippen molar-refractivity contribution in [2.45, 2.75) is 26.0 Å². The van der Waals surface area contributed by atoms with Crippen LogP contribution < -0.4 is 10.6 Å². The van der Waals surface area contributed by atoms with Crippen molar-refractivity contribution in [1.29, 1.82) is 0 Å². The number of para-hydroxylation sites is 1. The van der Waals surface area contributed by atoms with Crippen LogP contribution in [0.2, 0.25) is 0 Å². The van der Waals surface area contributed by atoms with Gasteiger partial charge in [0.1, 0.15) is 5.82 Å². The third-order valence-corrected chi connectivity index (χ3v) is 4.52. The highest BCUT2D eigenvalue weighted by Gasteiger charge is 2.27. The van der Waals surface area contributed by atoms with E-state index in [0.29, 0.717) is 12.5 Å². The number of nitrogens with zero attached hydrogens (tertiary/aromatic N) is 2. The second kappa shape index (κ2) is 6.00. The highest BCUT2D eigenvalue weighted by Crippen LogP contribution is 2.27. The number of methoxy groups -OCH3 is 1. The lowest BCUT2D eigenvalue weighted by Crippen LogP contribution is -2.44. The van der Waals surface area contributed by atoms with Gasteiger partial charge in [-0.2, -0.15) is 0 Å². The lowest BCUT2D eigenvalue weighted by molar-refractivity contribution is 0.0496. The number of piperidine rings is 1. The van der Waals surface area contributed by atoms with Gasteiger partial charge in [-0.1, -0.05) is 25.1 Å². The van der Waals surface area contributed by atoms with Crippen molar-refractivity contribution < 1.29 is 4.74 Å². The highest BCUT2D eigenvalue weighted by molar-refractivity contribution is 5.84. The Balaban J connectivity index is 1.97. The van der Waals surface area contributed by atoms with Crippen LogP contribution in [0.15, 0.2) is 30.3 Å². The van der Waals surface area contributed by atoms with Crippen molar-refractivity contribution in [2.24, 2.45) is 11.7 Å². The van der Waals surface area contributed by atoms with Crippen molar-refractivity contribution in [1.82, 2.24) is 4.98 Å². The fraction of sp³-hybridized carbons (Fsp3) is 0.471. The Labute approximate surface area is 125 Å². The molecule has 2 aromatic rings. The van der Waals surface area contributed by atoms with E-state index < -0.39 is 0 Å². The van der Waals surface area contributed by atoms with Crippen LogP contribution in [0.5, 0.6) is 0 Å². The van der Waals surface area contributed by atoms with Crippen molar-refractivity contribution in [3.63, 3.8) is 0 Å². The van der Waals surface area contributed by atoms with Crippen molar-refractivity contribution in [3.8, 4) is 0 Å². The zero-order chi connectivity index (χ0) is 14.8. The van der Waals surface area contributed by atoms with Gasteiger partial charge in [-0.15, -0.1) is 0 Å². The number of rotatable bonds is 3. The molecule has 0 saturated carbocycles. The van der Waals surface area contributed by atoms with E-state index in [1.165, 1.54) is 0 Å². The van der Waals surface area contributed by atoms with Crippen molar-refractivity contribution >= 4 is 16.7 Å². The minimum absolute atomic E-state index is 0.272. The Morgan fingerprint density at radius 2 is 2.19 bits per heavy atom. The summed E-state index contributed by atoms with van der Waals surface area (Å²) in [4.78, 5) is 7.14. The first-order chi connectivity index (χ1) is 10.2. The third-order valence-electron chi connectivity index (χ3n) is 4.52. The Morgan fingerprint density at radius 3 is 2.95 bits per heavy atom. The fourth-order valence-corrected chi connectivity index (χ4v) is 3.11. The van der Waals surface area contributed by atoms with Crippen LogP contribution in [-0.2, 0) is 11.3 Å². The first kappa shape index (κ1) is 14.3. The number of anilines is 1. The first-order valence-corrected chi connectivity index (χ1v) is 7.59. The number of hydrogen-bond acceptors (Lipinski definition) is 4. The van der Waals surface area contributed by atoms with Crippen LogP contribution in [-0.4, -0.2) is 31.3 Å². The fourth-order valence-electron chi connectivity index (χ4n) is 3.11. The summed E-state index contributed by atoms with van der Waals surface area (Å²) in [6.45, 7) is 4.71. The Hall–Kier alpha value is -1.65. The van der Waals surface area contributed by atoms with Gasteiger partial charge in [0.05, 0.1) is 11.6 Å². The molecule has 2 atom stereocenters. The van der Waals surface area contributed by atoms with Gasteiger partial charge in [-0.25, -0.2) is 4.98 Å². The maximum Gasteiger partial charge on any atom is 0.129 e. The molecule has 1 aromatic heterocycles. The molecule has 1 fully saturated rings.